The molecule has 0 aromatic carbocycles. The van der Waals surface area contributed by atoms with Crippen LogP contribution in [0, 0.1) is 0 Å². The summed E-state index contributed by atoms with van der Waals surface area (Å²) in [5.41, 5.74) is 0. The number of carbonyl (C=O) groups is 1. The van der Waals surface area contributed by atoms with Crippen molar-refractivity contribution in [3.05, 3.63) is 0 Å². The van der Waals surface area contributed by atoms with E-state index in [4.69, 9.17) is 0 Å². The first-order chi connectivity index (χ1) is 3.33. The lowest BCUT2D eigenvalue weighted by Gasteiger charge is -2.24. The first kappa shape index (κ1) is 4.62. The summed E-state index contributed by atoms with van der Waals surface area (Å²) in [7, 11) is 0. The molecule has 1 fully saturated rings. The standard InChI is InChI=1S/C5H9NO/c1-2-4-3-5(7)6-4/h4H,2-3H2,1H3,(H,6,7). The van der Waals surface area contributed by atoms with Gasteiger partial charge in [0.1, 0.15) is 0 Å². The summed E-state index contributed by atoms with van der Waals surface area (Å²) >= 11 is 0. The Morgan fingerprint density at radius 1 is 2.00 bits per heavy atom. The molecule has 1 aliphatic rings. The number of carbonyl (C=O) groups excluding carboxylic acids is 1. The van der Waals surface area contributed by atoms with Crippen LogP contribution in [0.1, 0.15) is 19.8 Å². The molecule has 0 spiro atoms. The average Bonchev–Trinajstić information content (AvgIpc) is 1.58. The summed E-state index contributed by atoms with van der Waals surface area (Å²) in [4.78, 5) is 10.2. The van der Waals surface area contributed by atoms with Gasteiger partial charge in [0.05, 0.1) is 0 Å². The summed E-state index contributed by atoms with van der Waals surface area (Å²) in [5, 5.41) is 2.75. The van der Waals surface area contributed by atoms with Crippen molar-refractivity contribution in [2.75, 3.05) is 0 Å². The van der Waals surface area contributed by atoms with E-state index in [1.165, 1.54) is 0 Å². The third-order valence-electron chi connectivity index (χ3n) is 1.29. The Bertz CT molecular complexity index is 82.1. The van der Waals surface area contributed by atoms with Gasteiger partial charge in [0.15, 0.2) is 0 Å². The molecule has 0 radical (unpaired) electrons. The normalized spacial score (nSPS) is 28.7. The second-order valence-electron chi connectivity index (χ2n) is 1.88. The summed E-state index contributed by atoms with van der Waals surface area (Å²) in [5.74, 6) is 0.201. The molecule has 0 aromatic heterocycles. The number of β-lactam (4-membered cyclic amide) rings is 1. The van der Waals surface area contributed by atoms with Gasteiger partial charge >= 0.3 is 0 Å². The fourth-order valence-electron chi connectivity index (χ4n) is 0.677. The molecular formula is C5H9NO. The molecule has 1 heterocycles. The van der Waals surface area contributed by atoms with Gasteiger partial charge in [0.2, 0.25) is 5.91 Å². The highest BCUT2D eigenvalue weighted by molar-refractivity contribution is 5.82. The summed E-state index contributed by atoms with van der Waals surface area (Å²) in [6.07, 6.45) is 1.82. The lowest BCUT2D eigenvalue weighted by atomic mass is 10.0. The van der Waals surface area contributed by atoms with E-state index in [1.54, 1.807) is 0 Å². The third kappa shape index (κ3) is 0.734. The van der Waals surface area contributed by atoms with Crippen LogP contribution in [0.25, 0.3) is 0 Å². The molecule has 1 saturated heterocycles. The molecule has 1 atom stereocenters. The zero-order valence-corrected chi connectivity index (χ0v) is 4.40. The van der Waals surface area contributed by atoms with E-state index in [9.17, 15) is 4.79 Å². The van der Waals surface area contributed by atoms with E-state index in [0.717, 1.165) is 12.8 Å². The lowest BCUT2D eigenvalue weighted by Crippen LogP contribution is -2.47. The molecule has 2 nitrogen and oxygen atoms in total. The Balaban J connectivity index is 2.17. The summed E-state index contributed by atoms with van der Waals surface area (Å²) in [6.45, 7) is 2.07. The van der Waals surface area contributed by atoms with Crippen LogP contribution in [-0.4, -0.2) is 11.9 Å². The maximum Gasteiger partial charge on any atom is 0.222 e. The molecule has 1 rings (SSSR count). The van der Waals surface area contributed by atoms with Crippen molar-refractivity contribution in [3.63, 3.8) is 0 Å². The monoisotopic (exact) mass is 99.1 g/mol. The predicted octanol–water partition coefficient (Wildman–Crippen LogP) is 0.285. The molecule has 1 N–H and O–H groups in total. The fourth-order valence-corrected chi connectivity index (χ4v) is 0.677. The zero-order chi connectivity index (χ0) is 5.28. The summed E-state index contributed by atoms with van der Waals surface area (Å²) < 4.78 is 0. The topological polar surface area (TPSA) is 29.1 Å². The van der Waals surface area contributed by atoms with Crippen LogP contribution in [-0.2, 0) is 4.79 Å². The van der Waals surface area contributed by atoms with Gasteiger partial charge in [-0.1, -0.05) is 6.92 Å². The van der Waals surface area contributed by atoms with Gasteiger partial charge in [0.25, 0.3) is 0 Å². The Hall–Kier alpha value is -0.530. The van der Waals surface area contributed by atoms with E-state index in [0.29, 0.717) is 6.04 Å². The Kier molecular flexibility index (Phi) is 1.01. The molecule has 1 amide bonds. The van der Waals surface area contributed by atoms with Crippen molar-refractivity contribution in [2.45, 2.75) is 25.8 Å². The average molecular weight is 99.1 g/mol. The molecule has 1 unspecified atom stereocenters. The molecule has 0 saturated carbocycles. The molecular weight excluding hydrogens is 90.1 g/mol. The zero-order valence-electron chi connectivity index (χ0n) is 4.40. The number of nitrogens with one attached hydrogen (secondary N) is 1. The molecule has 0 aliphatic carbocycles. The van der Waals surface area contributed by atoms with Gasteiger partial charge in [-0.05, 0) is 6.42 Å². The number of hydrogen-bond acceptors (Lipinski definition) is 1. The van der Waals surface area contributed by atoms with Crippen molar-refractivity contribution in [1.82, 2.24) is 5.32 Å². The van der Waals surface area contributed by atoms with Crippen LogP contribution >= 0.6 is 0 Å². The van der Waals surface area contributed by atoms with Crippen LogP contribution in [0.15, 0.2) is 0 Å². The van der Waals surface area contributed by atoms with Gasteiger partial charge in [-0.3, -0.25) is 4.79 Å². The second kappa shape index (κ2) is 1.52. The first-order valence-electron chi connectivity index (χ1n) is 2.62. The SMILES string of the molecule is CCC1CC(=O)N1. The Morgan fingerprint density at radius 3 is 2.71 bits per heavy atom. The van der Waals surface area contributed by atoms with Crippen LogP contribution < -0.4 is 5.32 Å². The van der Waals surface area contributed by atoms with E-state index >= 15 is 0 Å². The Morgan fingerprint density at radius 2 is 2.57 bits per heavy atom. The maximum atomic E-state index is 10.2. The van der Waals surface area contributed by atoms with Crippen molar-refractivity contribution in [2.24, 2.45) is 0 Å². The molecule has 40 valence electrons. The van der Waals surface area contributed by atoms with E-state index in [-0.39, 0.29) is 5.91 Å². The van der Waals surface area contributed by atoms with Gasteiger partial charge in [-0.2, -0.15) is 0 Å². The van der Waals surface area contributed by atoms with Crippen molar-refractivity contribution < 1.29 is 4.79 Å². The van der Waals surface area contributed by atoms with Crippen molar-refractivity contribution in [3.8, 4) is 0 Å². The van der Waals surface area contributed by atoms with Crippen molar-refractivity contribution >= 4 is 5.91 Å². The molecule has 7 heavy (non-hydrogen) atoms. The minimum absolute atomic E-state index is 0.201. The Labute approximate surface area is 42.9 Å². The minimum atomic E-state index is 0.201. The van der Waals surface area contributed by atoms with Gasteiger partial charge in [-0.15, -0.1) is 0 Å². The number of amides is 1. The van der Waals surface area contributed by atoms with Crippen LogP contribution in [0.4, 0.5) is 0 Å². The quantitative estimate of drug-likeness (QED) is 0.470. The number of rotatable bonds is 1. The van der Waals surface area contributed by atoms with Gasteiger partial charge < -0.3 is 5.32 Å². The minimum Gasteiger partial charge on any atom is -0.353 e. The van der Waals surface area contributed by atoms with Crippen molar-refractivity contribution in [1.29, 1.82) is 0 Å². The fraction of sp³-hybridized carbons (Fsp3) is 0.800. The van der Waals surface area contributed by atoms with Crippen LogP contribution in [0.3, 0.4) is 0 Å². The van der Waals surface area contributed by atoms with Gasteiger partial charge in [0, 0.05) is 12.5 Å². The van der Waals surface area contributed by atoms with Crippen LogP contribution in [0.2, 0.25) is 0 Å². The molecule has 0 aromatic rings. The van der Waals surface area contributed by atoms with E-state index in [2.05, 4.69) is 12.2 Å². The summed E-state index contributed by atoms with van der Waals surface area (Å²) in [6, 6.07) is 0.493. The van der Waals surface area contributed by atoms with E-state index in [1.807, 2.05) is 0 Å². The highest BCUT2D eigenvalue weighted by Crippen LogP contribution is 2.05. The largest absolute Gasteiger partial charge is 0.353 e. The second-order valence-corrected chi connectivity index (χ2v) is 1.88. The molecule has 0 bridgehead atoms. The smallest absolute Gasteiger partial charge is 0.222 e. The highest BCUT2D eigenvalue weighted by Gasteiger charge is 2.22. The number of hydrogen-bond donors (Lipinski definition) is 1. The van der Waals surface area contributed by atoms with E-state index < -0.39 is 0 Å². The first-order valence-corrected chi connectivity index (χ1v) is 2.62. The molecule has 2 heteroatoms. The maximum absolute atomic E-state index is 10.2. The lowest BCUT2D eigenvalue weighted by molar-refractivity contribution is -0.128. The van der Waals surface area contributed by atoms with Gasteiger partial charge in [-0.25, -0.2) is 0 Å². The predicted molar refractivity (Wildman–Crippen MR) is 26.8 cm³/mol. The van der Waals surface area contributed by atoms with Crippen LogP contribution in [0.5, 0.6) is 0 Å². The highest BCUT2D eigenvalue weighted by atomic mass is 16.2. The third-order valence-corrected chi connectivity index (χ3v) is 1.29. The molecule has 1 aliphatic heterocycles.